The van der Waals surface area contributed by atoms with E-state index in [1.807, 2.05) is 30.3 Å². The monoisotopic (exact) mass is 265 g/mol. The minimum Gasteiger partial charge on any atom is -0.480 e. The van der Waals surface area contributed by atoms with Crippen molar-refractivity contribution in [2.75, 3.05) is 18.4 Å². The molecule has 1 aromatic carbocycles. The van der Waals surface area contributed by atoms with E-state index in [0.717, 1.165) is 25.1 Å². The van der Waals surface area contributed by atoms with E-state index in [0.29, 0.717) is 0 Å². The summed E-state index contributed by atoms with van der Waals surface area (Å²) < 4.78 is 0. The van der Waals surface area contributed by atoms with Gasteiger partial charge in [-0.1, -0.05) is 18.2 Å². The van der Waals surface area contributed by atoms with E-state index in [4.69, 9.17) is 10.8 Å². The molecule has 19 heavy (non-hydrogen) atoms. The molecule has 1 heterocycles. The Hall–Kier alpha value is -1.92. The first-order valence-corrected chi connectivity index (χ1v) is 6.14. The number of nitrogens with two attached hydrogens (primary N) is 1. The molecule has 0 aliphatic carbocycles. The highest BCUT2D eigenvalue weighted by Gasteiger charge is 2.20. The first-order chi connectivity index (χ1) is 9.13. The summed E-state index contributed by atoms with van der Waals surface area (Å²) >= 11 is 0. The zero-order valence-corrected chi connectivity index (χ0v) is 10.6. The van der Waals surface area contributed by atoms with Crippen molar-refractivity contribution in [2.45, 2.75) is 18.9 Å². The van der Waals surface area contributed by atoms with E-state index >= 15 is 0 Å². The molecule has 1 fully saturated rings. The van der Waals surface area contributed by atoms with Gasteiger partial charge in [-0.2, -0.15) is 0 Å². The molecule has 5 N–H and O–H groups in total. The molecule has 0 aromatic heterocycles. The van der Waals surface area contributed by atoms with Gasteiger partial charge in [0.05, 0.1) is 6.54 Å². The van der Waals surface area contributed by atoms with Gasteiger partial charge in [-0.3, -0.25) is 9.59 Å². The van der Waals surface area contributed by atoms with E-state index in [-0.39, 0.29) is 18.5 Å². The number of anilines is 1. The predicted molar refractivity (Wildman–Crippen MR) is 72.8 cm³/mol. The predicted octanol–water partition coefficient (Wildman–Crippen LogP) is 0.407. The minimum absolute atomic E-state index is 0.0227. The summed E-state index contributed by atoms with van der Waals surface area (Å²) in [4.78, 5) is 20.9. The van der Waals surface area contributed by atoms with Crippen LogP contribution in [0.3, 0.4) is 0 Å². The third kappa shape index (κ3) is 5.98. The lowest BCUT2D eigenvalue weighted by Crippen LogP contribution is -2.29. The molecule has 1 amide bonds. The number of nitrogens with one attached hydrogen (secondary N) is 2. The van der Waals surface area contributed by atoms with Crippen molar-refractivity contribution >= 4 is 17.6 Å². The number of amides is 1. The SMILES string of the molecule is NCC(=O)Nc1ccccc1.O=C(O)[C@@H]1CCCN1. The van der Waals surface area contributed by atoms with Gasteiger partial charge in [-0.05, 0) is 31.5 Å². The number of carboxylic acid groups (broad SMARTS) is 1. The lowest BCUT2D eigenvalue weighted by Gasteiger charge is -2.00. The Morgan fingerprint density at radius 2 is 2.05 bits per heavy atom. The summed E-state index contributed by atoms with van der Waals surface area (Å²) in [5.41, 5.74) is 5.89. The quantitative estimate of drug-likeness (QED) is 0.633. The van der Waals surface area contributed by atoms with E-state index in [2.05, 4.69) is 10.6 Å². The Morgan fingerprint density at radius 1 is 1.37 bits per heavy atom. The molecule has 0 saturated carbocycles. The van der Waals surface area contributed by atoms with E-state index < -0.39 is 5.97 Å². The Labute approximate surface area is 112 Å². The van der Waals surface area contributed by atoms with E-state index in [1.54, 1.807) is 0 Å². The van der Waals surface area contributed by atoms with Gasteiger partial charge in [-0.15, -0.1) is 0 Å². The standard InChI is InChI=1S/C8H10N2O.C5H9NO2/c9-6-8(11)10-7-4-2-1-3-5-7;7-5(8)4-2-1-3-6-4/h1-5H,6,9H2,(H,10,11);4,6H,1-3H2,(H,7,8)/t;4-/m.0/s1. The number of para-hydroxylation sites is 1. The van der Waals surface area contributed by atoms with Crippen molar-refractivity contribution in [3.8, 4) is 0 Å². The summed E-state index contributed by atoms with van der Waals surface area (Å²) in [5, 5.41) is 13.8. The Kier molecular flexibility index (Phi) is 6.56. The van der Waals surface area contributed by atoms with Crippen LogP contribution in [0, 0.1) is 0 Å². The summed E-state index contributed by atoms with van der Waals surface area (Å²) in [6.07, 6.45) is 1.78. The van der Waals surface area contributed by atoms with Crippen LogP contribution in [0.5, 0.6) is 0 Å². The largest absolute Gasteiger partial charge is 0.480 e. The maximum atomic E-state index is 10.7. The van der Waals surface area contributed by atoms with Crippen LogP contribution >= 0.6 is 0 Å². The van der Waals surface area contributed by atoms with Crippen LogP contribution in [0.15, 0.2) is 30.3 Å². The van der Waals surface area contributed by atoms with Crippen LogP contribution in [0.1, 0.15) is 12.8 Å². The minimum atomic E-state index is -0.720. The Bertz CT molecular complexity index is 403. The van der Waals surface area contributed by atoms with Crippen LogP contribution in [-0.2, 0) is 9.59 Å². The lowest BCUT2D eigenvalue weighted by atomic mass is 10.2. The Balaban J connectivity index is 0.000000200. The van der Waals surface area contributed by atoms with Crippen LogP contribution < -0.4 is 16.4 Å². The molecule has 6 heteroatoms. The summed E-state index contributed by atoms with van der Waals surface area (Å²) in [6, 6.07) is 8.95. The number of carboxylic acids is 1. The average molecular weight is 265 g/mol. The molecule has 6 nitrogen and oxygen atoms in total. The van der Waals surface area contributed by atoms with Crippen LogP contribution in [-0.4, -0.2) is 36.1 Å². The van der Waals surface area contributed by atoms with Gasteiger partial charge in [-0.25, -0.2) is 0 Å². The van der Waals surface area contributed by atoms with Crippen molar-refractivity contribution in [1.29, 1.82) is 0 Å². The van der Waals surface area contributed by atoms with Gasteiger partial charge in [0.1, 0.15) is 6.04 Å². The second kappa shape index (κ2) is 8.23. The maximum absolute atomic E-state index is 10.7. The fraction of sp³-hybridized carbons (Fsp3) is 0.385. The van der Waals surface area contributed by atoms with Crippen molar-refractivity contribution in [3.63, 3.8) is 0 Å². The summed E-state index contributed by atoms with van der Waals surface area (Å²) in [5.74, 6) is -0.890. The van der Waals surface area contributed by atoms with Gasteiger partial charge in [0, 0.05) is 5.69 Å². The number of carbonyl (C=O) groups is 2. The van der Waals surface area contributed by atoms with Crippen molar-refractivity contribution in [3.05, 3.63) is 30.3 Å². The third-order valence-corrected chi connectivity index (χ3v) is 2.60. The second-order valence-electron chi connectivity index (χ2n) is 4.11. The van der Waals surface area contributed by atoms with Crippen LogP contribution in [0.25, 0.3) is 0 Å². The molecule has 0 unspecified atom stereocenters. The molecular weight excluding hydrogens is 246 g/mol. The number of hydrogen-bond donors (Lipinski definition) is 4. The topological polar surface area (TPSA) is 104 Å². The zero-order chi connectivity index (χ0) is 14.1. The smallest absolute Gasteiger partial charge is 0.320 e. The normalized spacial score (nSPS) is 17.2. The number of benzene rings is 1. The first kappa shape index (κ1) is 15.1. The highest BCUT2D eigenvalue weighted by molar-refractivity contribution is 5.91. The highest BCUT2D eigenvalue weighted by atomic mass is 16.4. The number of rotatable bonds is 3. The number of aliphatic carboxylic acids is 1. The highest BCUT2D eigenvalue weighted by Crippen LogP contribution is 2.04. The summed E-state index contributed by atoms with van der Waals surface area (Å²) in [6.45, 7) is 0.881. The van der Waals surface area contributed by atoms with Gasteiger partial charge in [0.2, 0.25) is 5.91 Å². The first-order valence-electron chi connectivity index (χ1n) is 6.14. The molecule has 1 aliphatic rings. The Morgan fingerprint density at radius 3 is 2.47 bits per heavy atom. The van der Waals surface area contributed by atoms with Gasteiger partial charge >= 0.3 is 5.97 Å². The average Bonchev–Trinajstić information content (AvgIpc) is 2.94. The molecule has 104 valence electrons. The number of carbonyl (C=O) groups excluding carboxylic acids is 1. The van der Waals surface area contributed by atoms with Crippen molar-refractivity contribution in [1.82, 2.24) is 5.32 Å². The molecular formula is C13H19N3O3. The molecule has 0 spiro atoms. The molecule has 1 atom stereocenters. The van der Waals surface area contributed by atoms with Crippen LogP contribution in [0.2, 0.25) is 0 Å². The zero-order valence-electron chi connectivity index (χ0n) is 10.6. The summed E-state index contributed by atoms with van der Waals surface area (Å²) in [7, 11) is 0. The molecule has 2 rings (SSSR count). The molecule has 1 aliphatic heterocycles. The lowest BCUT2D eigenvalue weighted by molar-refractivity contribution is -0.139. The van der Waals surface area contributed by atoms with E-state index in [1.165, 1.54) is 0 Å². The third-order valence-electron chi connectivity index (χ3n) is 2.60. The fourth-order valence-corrected chi connectivity index (χ4v) is 1.63. The maximum Gasteiger partial charge on any atom is 0.320 e. The molecule has 0 radical (unpaired) electrons. The molecule has 0 bridgehead atoms. The van der Waals surface area contributed by atoms with Crippen molar-refractivity contribution in [2.24, 2.45) is 5.73 Å². The second-order valence-corrected chi connectivity index (χ2v) is 4.11. The van der Waals surface area contributed by atoms with Gasteiger partial charge in [0.15, 0.2) is 0 Å². The molecule has 1 saturated heterocycles. The van der Waals surface area contributed by atoms with Gasteiger partial charge < -0.3 is 21.5 Å². The van der Waals surface area contributed by atoms with Crippen molar-refractivity contribution < 1.29 is 14.7 Å². The fourth-order valence-electron chi connectivity index (χ4n) is 1.63. The van der Waals surface area contributed by atoms with Crippen LogP contribution in [0.4, 0.5) is 5.69 Å². The number of hydrogen-bond acceptors (Lipinski definition) is 4. The molecule has 1 aromatic rings. The van der Waals surface area contributed by atoms with Gasteiger partial charge in [0.25, 0.3) is 0 Å². The van der Waals surface area contributed by atoms with E-state index in [9.17, 15) is 9.59 Å².